The molecule has 2 atom stereocenters. The third-order valence-electron chi connectivity index (χ3n) is 12.4. The van der Waals surface area contributed by atoms with E-state index in [1.807, 2.05) is 21.1 Å². The number of allylic oxidation sites excluding steroid dienone is 14. The average Bonchev–Trinajstić information content (AvgIpc) is 3.35. The van der Waals surface area contributed by atoms with E-state index in [-0.39, 0.29) is 32.2 Å². The number of hydrogen-bond donors (Lipinski definition) is 1. The van der Waals surface area contributed by atoms with E-state index in [1.165, 1.54) is 128 Å². The number of unbranched alkanes of at least 4 members (excludes halogenated alkanes) is 24. The minimum Gasteiger partial charge on any atom is -0.477 e. The molecule has 9 heteroatoms. The van der Waals surface area contributed by atoms with Crippen molar-refractivity contribution in [2.75, 3.05) is 47.5 Å². The van der Waals surface area contributed by atoms with E-state index in [9.17, 15) is 19.5 Å². The number of quaternary nitrogens is 1. The molecule has 2 unspecified atom stereocenters. The maximum Gasteiger partial charge on any atom is 0.361 e. The number of carboxylic acids is 1. The van der Waals surface area contributed by atoms with Crippen molar-refractivity contribution >= 4 is 17.9 Å². The summed E-state index contributed by atoms with van der Waals surface area (Å²) in [7, 11) is 5.96. The Morgan fingerprint density at radius 3 is 1.18 bits per heavy atom. The van der Waals surface area contributed by atoms with Crippen LogP contribution in [0.2, 0.25) is 0 Å². The minimum absolute atomic E-state index is 0.181. The SMILES string of the molecule is CC/C=C\C/C=C\C/C=C\C/C=C\C/C=C\C/C=C\C/C=C\CCCCCCCCCCCCCCCCCCCC(=O)OC(COC(=O)CCCCCCCCCC)COC(OCC[N+](C)(C)C)C(=O)O. The molecule has 0 aromatic heterocycles. The molecular weight excluding hydrogens is 899 g/mol. The molecule has 0 aromatic rings. The Bertz CT molecular complexity index is 1450. The Labute approximate surface area is 442 Å². The van der Waals surface area contributed by atoms with E-state index in [1.54, 1.807) is 0 Å². The van der Waals surface area contributed by atoms with Crippen LogP contribution in [0.4, 0.5) is 0 Å². The van der Waals surface area contributed by atoms with Crippen molar-refractivity contribution in [2.45, 2.75) is 251 Å². The largest absolute Gasteiger partial charge is 0.477 e. The van der Waals surface area contributed by atoms with Crippen molar-refractivity contribution in [1.29, 1.82) is 0 Å². The lowest BCUT2D eigenvalue weighted by molar-refractivity contribution is -0.870. The number of carbonyl (C=O) groups is 3. The number of hydrogen-bond acceptors (Lipinski definition) is 7. The second kappa shape index (κ2) is 53.8. The predicted molar refractivity (Wildman–Crippen MR) is 304 cm³/mol. The molecule has 0 aromatic carbocycles. The molecule has 9 nitrogen and oxygen atoms in total. The molecule has 0 bridgehead atoms. The number of carboxylic acid groups (broad SMARTS) is 1. The van der Waals surface area contributed by atoms with Gasteiger partial charge in [0, 0.05) is 12.8 Å². The van der Waals surface area contributed by atoms with Gasteiger partial charge in [-0.05, 0) is 70.6 Å². The zero-order valence-corrected chi connectivity index (χ0v) is 47.1. The molecule has 0 radical (unpaired) electrons. The highest BCUT2D eigenvalue weighted by atomic mass is 16.7. The van der Waals surface area contributed by atoms with E-state index >= 15 is 0 Å². The van der Waals surface area contributed by atoms with Gasteiger partial charge in [-0.1, -0.05) is 240 Å². The molecule has 0 amide bonds. The molecule has 414 valence electrons. The van der Waals surface area contributed by atoms with Crippen LogP contribution in [-0.2, 0) is 33.3 Å². The first kappa shape index (κ1) is 68.5. The van der Waals surface area contributed by atoms with Gasteiger partial charge < -0.3 is 28.5 Å². The third kappa shape index (κ3) is 54.2. The molecule has 72 heavy (non-hydrogen) atoms. The summed E-state index contributed by atoms with van der Waals surface area (Å²) in [6.45, 7) is 4.73. The molecule has 0 aliphatic carbocycles. The number of rotatable bonds is 53. The Kier molecular flexibility index (Phi) is 51.1. The fourth-order valence-electron chi connectivity index (χ4n) is 7.94. The fourth-order valence-corrected chi connectivity index (χ4v) is 7.94. The standard InChI is InChI=1S/C63H109NO8/c1-6-8-10-12-14-16-17-18-19-20-21-22-23-24-25-26-27-28-29-30-31-32-33-34-35-36-37-38-39-40-41-42-43-44-45-46-48-50-52-54-61(66)72-59(58-71-63(62(67)68)69-56-55-64(3,4)5)57-70-60(65)53-51-49-47-15-13-11-9-7-2/h8,10,14,16,18-19,21-22,24-25,27-28,30-31,59,63H,6-7,9,11-13,15,17,20,23,26,29,32-58H2,1-5H3/p+1/b10-8-,16-14-,19-18-,22-21-,25-24-,28-27-,31-30-. The molecule has 0 aliphatic heterocycles. The van der Waals surface area contributed by atoms with Crippen LogP contribution < -0.4 is 0 Å². The van der Waals surface area contributed by atoms with Crippen LogP contribution in [-0.4, -0.2) is 87.4 Å². The molecule has 0 fully saturated rings. The molecule has 0 spiro atoms. The van der Waals surface area contributed by atoms with Crippen molar-refractivity contribution in [3.8, 4) is 0 Å². The van der Waals surface area contributed by atoms with Gasteiger partial charge in [-0.3, -0.25) is 9.59 Å². The number of aliphatic carboxylic acids is 1. The third-order valence-corrected chi connectivity index (χ3v) is 12.4. The van der Waals surface area contributed by atoms with E-state index < -0.39 is 24.3 Å². The van der Waals surface area contributed by atoms with Crippen LogP contribution in [0.5, 0.6) is 0 Å². The summed E-state index contributed by atoms with van der Waals surface area (Å²) >= 11 is 0. The van der Waals surface area contributed by atoms with E-state index in [0.717, 1.165) is 83.5 Å². The van der Waals surface area contributed by atoms with Gasteiger partial charge >= 0.3 is 17.9 Å². The number of esters is 2. The number of likely N-dealkylation sites (N-methyl/N-ethyl adjacent to an activating group) is 1. The summed E-state index contributed by atoms with van der Waals surface area (Å²) < 4.78 is 22.7. The topological polar surface area (TPSA) is 108 Å². The average molecular weight is 1010 g/mol. The van der Waals surface area contributed by atoms with Gasteiger partial charge in [0.1, 0.15) is 13.2 Å². The zero-order chi connectivity index (χ0) is 52.7. The summed E-state index contributed by atoms with van der Waals surface area (Å²) in [6, 6.07) is 0. The first-order valence-electron chi connectivity index (χ1n) is 29.3. The van der Waals surface area contributed by atoms with Crippen LogP contribution in [0.1, 0.15) is 239 Å². The Hall–Kier alpha value is -3.53. The lowest BCUT2D eigenvalue weighted by atomic mass is 10.0. The van der Waals surface area contributed by atoms with Gasteiger partial charge in [0.2, 0.25) is 0 Å². The van der Waals surface area contributed by atoms with Gasteiger partial charge in [-0.25, -0.2) is 4.79 Å². The van der Waals surface area contributed by atoms with E-state index in [4.69, 9.17) is 18.9 Å². The smallest absolute Gasteiger partial charge is 0.361 e. The monoisotopic (exact) mass is 1010 g/mol. The number of ether oxygens (including phenoxy) is 4. The number of carbonyl (C=O) groups excluding carboxylic acids is 2. The lowest BCUT2D eigenvalue weighted by Crippen LogP contribution is -2.40. The normalized spacial score (nSPS) is 13.4. The molecular formula is C63H110NO8+. The first-order chi connectivity index (χ1) is 35.1. The van der Waals surface area contributed by atoms with Gasteiger partial charge in [0.15, 0.2) is 6.10 Å². The van der Waals surface area contributed by atoms with Crippen LogP contribution in [0.15, 0.2) is 85.1 Å². The zero-order valence-electron chi connectivity index (χ0n) is 47.1. The summed E-state index contributed by atoms with van der Waals surface area (Å²) in [5, 5.41) is 9.65. The van der Waals surface area contributed by atoms with Crippen molar-refractivity contribution in [3.63, 3.8) is 0 Å². The van der Waals surface area contributed by atoms with Crippen LogP contribution in [0.25, 0.3) is 0 Å². The quantitative estimate of drug-likeness (QED) is 0.0211. The highest BCUT2D eigenvalue weighted by Gasteiger charge is 2.25. The predicted octanol–water partition coefficient (Wildman–Crippen LogP) is 17.2. The maximum atomic E-state index is 12.8. The summed E-state index contributed by atoms with van der Waals surface area (Å²) in [5.41, 5.74) is 0. The second-order valence-electron chi connectivity index (χ2n) is 20.6. The molecule has 0 rings (SSSR count). The molecule has 0 aliphatic rings. The Morgan fingerprint density at radius 1 is 0.431 bits per heavy atom. The van der Waals surface area contributed by atoms with Crippen LogP contribution in [0.3, 0.4) is 0 Å². The van der Waals surface area contributed by atoms with Crippen molar-refractivity contribution in [3.05, 3.63) is 85.1 Å². The summed E-state index contributed by atoms with van der Waals surface area (Å²) in [6.07, 6.45) is 68.5. The van der Waals surface area contributed by atoms with Crippen LogP contribution in [0, 0.1) is 0 Å². The van der Waals surface area contributed by atoms with Gasteiger partial charge in [0.25, 0.3) is 6.29 Å². The van der Waals surface area contributed by atoms with Crippen LogP contribution >= 0.6 is 0 Å². The summed E-state index contributed by atoms with van der Waals surface area (Å²) in [4.78, 5) is 37.1. The molecule has 1 N–H and O–H groups in total. The number of nitrogens with zero attached hydrogens (tertiary/aromatic N) is 1. The fraction of sp³-hybridized carbons (Fsp3) is 0.730. The van der Waals surface area contributed by atoms with Gasteiger partial charge in [-0.2, -0.15) is 0 Å². The maximum absolute atomic E-state index is 12.8. The Balaban J connectivity index is 3.95. The Morgan fingerprint density at radius 2 is 0.792 bits per heavy atom. The first-order valence-corrected chi connectivity index (χ1v) is 29.3. The van der Waals surface area contributed by atoms with E-state index in [2.05, 4.69) is 98.9 Å². The van der Waals surface area contributed by atoms with Gasteiger partial charge in [-0.15, -0.1) is 0 Å². The second-order valence-corrected chi connectivity index (χ2v) is 20.6. The highest BCUT2D eigenvalue weighted by Crippen LogP contribution is 2.16. The minimum atomic E-state index is -1.51. The van der Waals surface area contributed by atoms with Crippen molar-refractivity contribution in [2.24, 2.45) is 0 Å². The lowest BCUT2D eigenvalue weighted by Gasteiger charge is -2.25. The molecule has 0 saturated carbocycles. The van der Waals surface area contributed by atoms with Crippen molar-refractivity contribution < 1.29 is 42.9 Å². The van der Waals surface area contributed by atoms with Crippen molar-refractivity contribution in [1.82, 2.24) is 0 Å². The molecule has 0 saturated heterocycles. The highest BCUT2D eigenvalue weighted by molar-refractivity contribution is 5.71. The summed E-state index contributed by atoms with van der Waals surface area (Å²) in [5.74, 6) is -2.01. The molecule has 0 heterocycles. The van der Waals surface area contributed by atoms with Gasteiger partial charge in [0.05, 0.1) is 34.4 Å². The van der Waals surface area contributed by atoms with E-state index in [0.29, 0.717) is 17.4 Å².